The summed E-state index contributed by atoms with van der Waals surface area (Å²) >= 11 is 0. The molecule has 140 valence electrons. The second-order valence-corrected chi connectivity index (χ2v) is 6.48. The number of hydrogen-bond donors (Lipinski definition) is 0. The lowest BCUT2D eigenvalue weighted by Gasteiger charge is -2.11. The van der Waals surface area contributed by atoms with Crippen molar-refractivity contribution in [3.63, 3.8) is 0 Å². The standard InChI is InChI=1S/C20H21N3O4/c1-12(2)23-19-15(10-22-23)8-16(9-21-19)20(25)27-11-17-7-14(13(3)24)5-6-18(17)26-4/h5-10,12H,11H2,1-4H3. The Morgan fingerprint density at radius 1 is 1.15 bits per heavy atom. The van der Waals surface area contributed by atoms with Crippen molar-refractivity contribution < 1.29 is 19.1 Å². The van der Waals surface area contributed by atoms with Crippen LogP contribution in [0.1, 0.15) is 53.1 Å². The van der Waals surface area contributed by atoms with Gasteiger partial charge in [0.25, 0.3) is 0 Å². The normalized spacial score (nSPS) is 11.0. The number of aromatic nitrogens is 3. The second kappa shape index (κ2) is 7.57. The molecule has 0 fully saturated rings. The highest BCUT2D eigenvalue weighted by Gasteiger charge is 2.14. The van der Waals surface area contributed by atoms with Gasteiger partial charge >= 0.3 is 5.97 Å². The lowest BCUT2D eigenvalue weighted by atomic mass is 10.1. The number of hydrogen-bond acceptors (Lipinski definition) is 6. The van der Waals surface area contributed by atoms with E-state index in [1.165, 1.54) is 20.2 Å². The van der Waals surface area contributed by atoms with Crippen LogP contribution in [0.15, 0.2) is 36.7 Å². The molecule has 0 aliphatic heterocycles. The highest BCUT2D eigenvalue weighted by Crippen LogP contribution is 2.22. The van der Waals surface area contributed by atoms with Crippen molar-refractivity contribution in [3.05, 3.63) is 53.3 Å². The zero-order valence-corrected chi connectivity index (χ0v) is 15.7. The Bertz CT molecular complexity index is 1010. The number of ketones is 1. The molecule has 0 radical (unpaired) electrons. The molecule has 0 saturated carbocycles. The molecule has 0 N–H and O–H groups in total. The second-order valence-electron chi connectivity index (χ2n) is 6.48. The molecule has 7 nitrogen and oxygen atoms in total. The first-order valence-electron chi connectivity index (χ1n) is 8.59. The number of rotatable bonds is 6. The summed E-state index contributed by atoms with van der Waals surface area (Å²) in [6.07, 6.45) is 3.16. The van der Waals surface area contributed by atoms with Crippen LogP contribution < -0.4 is 4.74 Å². The lowest BCUT2D eigenvalue weighted by molar-refractivity contribution is 0.0470. The summed E-state index contributed by atoms with van der Waals surface area (Å²) in [5, 5.41) is 5.06. The van der Waals surface area contributed by atoms with E-state index in [9.17, 15) is 9.59 Å². The van der Waals surface area contributed by atoms with E-state index in [-0.39, 0.29) is 18.4 Å². The van der Waals surface area contributed by atoms with E-state index in [1.54, 1.807) is 35.1 Å². The van der Waals surface area contributed by atoms with Crippen molar-refractivity contribution in [1.82, 2.24) is 14.8 Å². The average molecular weight is 367 g/mol. The fraction of sp³-hybridized carbons (Fsp3) is 0.300. The summed E-state index contributed by atoms with van der Waals surface area (Å²) in [4.78, 5) is 28.3. The summed E-state index contributed by atoms with van der Waals surface area (Å²) in [6.45, 7) is 5.50. The summed E-state index contributed by atoms with van der Waals surface area (Å²) in [6, 6.07) is 6.92. The third-order valence-electron chi connectivity index (χ3n) is 4.20. The number of nitrogens with zero attached hydrogens (tertiary/aromatic N) is 3. The molecule has 1 aromatic carbocycles. The number of benzene rings is 1. The number of Topliss-reactive ketones (excluding diaryl/α,β-unsaturated/α-hetero) is 1. The first-order valence-corrected chi connectivity index (χ1v) is 8.59. The molecule has 0 bridgehead atoms. The summed E-state index contributed by atoms with van der Waals surface area (Å²) < 4.78 is 12.5. The van der Waals surface area contributed by atoms with E-state index in [2.05, 4.69) is 10.1 Å². The van der Waals surface area contributed by atoms with E-state index in [0.717, 1.165) is 11.0 Å². The minimum absolute atomic E-state index is 0.00752. The molecule has 0 amide bonds. The molecule has 2 heterocycles. The topological polar surface area (TPSA) is 83.3 Å². The Morgan fingerprint density at radius 2 is 1.93 bits per heavy atom. The molecule has 0 unspecified atom stereocenters. The first kappa shape index (κ1) is 18.6. The molecule has 0 atom stereocenters. The van der Waals surface area contributed by atoms with Crippen LogP contribution in [0.5, 0.6) is 5.75 Å². The molecule has 3 rings (SSSR count). The van der Waals surface area contributed by atoms with Gasteiger partial charge in [-0.25, -0.2) is 14.5 Å². The Morgan fingerprint density at radius 3 is 2.59 bits per heavy atom. The van der Waals surface area contributed by atoms with Crippen LogP contribution in [0, 0.1) is 0 Å². The van der Waals surface area contributed by atoms with Crippen LogP contribution in [0.25, 0.3) is 11.0 Å². The van der Waals surface area contributed by atoms with E-state index in [4.69, 9.17) is 9.47 Å². The van der Waals surface area contributed by atoms with Crippen molar-refractivity contribution in [3.8, 4) is 5.75 Å². The predicted octanol–water partition coefficient (Wildman–Crippen LogP) is 3.58. The Kier molecular flexibility index (Phi) is 5.21. The molecule has 0 aliphatic rings. The third kappa shape index (κ3) is 3.81. The highest BCUT2D eigenvalue weighted by atomic mass is 16.5. The molecular formula is C20H21N3O4. The Balaban J connectivity index is 1.79. The van der Waals surface area contributed by atoms with Gasteiger partial charge in [0, 0.05) is 28.8 Å². The number of carbonyl (C=O) groups excluding carboxylic acids is 2. The van der Waals surface area contributed by atoms with Gasteiger partial charge in [-0.05, 0) is 45.0 Å². The first-order chi connectivity index (χ1) is 12.9. The van der Waals surface area contributed by atoms with E-state index in [0.29, 0.717) is 22.4 Å². The zero-order valence-electron chi connectivity index (χ0n) is 15.7. The lowest BCUT2D eigenvalue weighted by Crippen LogP contribution is -2.08. The van der Waals surface area contributed by atoms with Gasteiger partial charge < -0.3 is 9.47 Å². The molecule has 0 aliphatic carbocycles. The minimum atomic E-state index is -0.503. The molecule has 3 aromatic rings. The average Bonchev–Trinajstić information content (AvgIpc) is 3.09. The van der Waals surface area contributed by atoms with Gasteiger partial charge in [-0.3, -0.25) is 4.79 Å². The van der Waals surface area contributed by atoms with E-state index < -0.39 is 5.97 Å². The van der Waals surface area contributed by atoms with Crippen LogP contribution in [-0.2, 0) is 11.3 Å². The van der Waals surface area contributed by atoms with Crippen molar-refractivity contribution in [2.75, 3.05) is 7.11 Å². The third-order valence-corrected chi connectivity index (χ3v) is 4.20. The van der Waals surface area contributed by atoms with Gasteiger partial charge in [-0.2, -0.15) is 5.10 Å². The molecule has 0 spiro atoms. The fourth-order valence-electron chi connectivity index (χ4n) is 2.77. The van der Waals surface area contributed by atoms with E-state index >= 15 is 0 Å². The summed E-state index contributed by atoms with van der Waals surface area (Å²) in [5.74, 6) is -0.0152. The van der Waals surface area contributed by atoms with Gasteiger partial charge in [0.15, 0.2) is 11.4 Å². The van der Waals surface area contributed by atoms with Gasteiger partial charge in [-0.15, -0.1) is 0 Å². The molecule has 27 heavy (non-hydrogen) atoms. The van der Waals surface area contributed by atoms with Crippen LogP contribution >= 0.6 is 0 Å². The fourth-order valence-corrected chi connectivity index (χ4v) is 2.77. The quantitative estimate of drug-likeness (QED) is 0.489. The van der Waals surface area contributed by atoms with Crippen molar-refractivity contribution >= 4 is 22.8 Å². The van der Waals surface area contributed by atoms with Crippen LogP contribution in [0.4, 0.5) is 0 Å². The van der Waals surface area contributed by atoms with Gasteiger partial charge in [0.1, 0.15) is 12.4 Å². The minimum Gasteiger partial charge on any atom is -0.496 e. The maximum absolute atomic E-state index is 12.4. The molecule has 0 saturated heterocycles. The van der Waals surface area contributed by atoms with Crippen LogP contribution in [0.3, 0.4) is 0 Å². The number of ether oxygens (including phenoxy) is 2. The van der Waals surface area contributed by atoms with Gasteiger partial charge in [-0.1, -0.05) is 0 Å². The molecule has 7 heteroatoms. The molecule has 2 aromatic heterocycles. The smallest absolute Gasteiger partial charge is 0.340 e. The van der Waals surface area contributed by atoms with Crippen molar-refractivity contribution in [2.24, 2.45) is 0 Å². The summed E-state index contributed by atoms with van der Waals surface area (Å²) in [7, 11) is 1.53. The van der Waals surface area contributed by atoms with Gasteiger partial charge in [0.05, 0.1) is 18.9 Å². The number of carbonyl (C=O) groups is 2. The summed E-state index contributed by atoms with van der Waals surface area (Å²) in [5.41, 5.74) is 2.22. The van der Waals surface area contributed by atoms with Crippen molar-refractivity contribution in [2.45, 2.75) is 33.4 Å². The van der Waals surface area contributed by atoms with Crippen molar-refractivity contribution in [1.29, 1.82) is 0 Å². The largest absolute Gasteiger partial charge is 0.496 e. The number of fused-ring (bicyclic) bond motifs is 1. The number of esters is 1. The Hall–Kier alpha value is -3.22. The maximum atomic E-state index is 12.4. The SMILES string of the molecule is COc1ccc(C(C)=O)cc1COC(=O)c1cnc2c(cnn2C(C)C)c1. The number of pyridine rings is 1. The zero-order chi connectivity index (χ0) is 19.6. The highest BCUT2D eigenvalue weighted by molar-refractivity contribution is 5.94. The van der Waals surface area contributed by atoms with E-state index in [1.807, 2.05) is 13.8 Å². The van der Waals surface area contributed by atoms with Gasteiger partial charge in [0.2, 0.25) is 0 Å². The number of methoxy groups -OCH3 is 1. The monoisotopic (exact) mass is 367 g/mol. The predicted molar refractivity (Wildman–Crippen MR) is 100 cm³/mol. The molecular weight excluding hydrogens is 346 g/mol. The Labute approximate surface area is 156 Å². The van der Waals surface area contributed by atoms with Crippen LogP contribution in [0.2, 0.25) is 0 Å². The maximum Gasteiger partial charge on any atom is 0.340 e. The van der Waals surface area contributed by atoms with Crippen LogP contribution in [-0.4, -0.2) is 33.6 Å².